The number of halogens is 3. The summed E-state index contributed by atoms with van der Waals surface area (Å²) < 4.78 is 27.5. The van der Waals surface area contributed by atoms with Gasteiger partial charge >= 0.3 is 0 Å². The molecule has 1 aromatic carbocycles. The predicted molar refractivity (Wildman–Crippen MR) is 73.4 cm³/mol. The molecule has 0 aliphatic heterocycles. The van der Waals surface area contributed by atoms with E-state index in [0.717, 1.165) is 6.07 Å². The van der Waals surface area contributed by atoms with Crippen molar-refractivity contribution >= 4 is 29.2 Å². The minimum absolute atomic E-state index is 0.0376. The molecule has 8 heteroatoms. The molecule has 0 bridgehead atoms. The molecule has 0 radical (unpaired) electrons. The molecule has 20 heavy (non-hydrogen) atoms. The molecule has 0 amide bonds. The largest absolute Gasteiger partial charge is 0.354 e. The Balaban J connectivity index is 2.37. The topological polar surface area (TPSA) is 62.7 Å². The highest BCUT2D eigenvalue weighted by Crippen LogP contribution is 2.24. The summed E-state index contributed by atoms with van der Waals surface area (Å²) in [6.07, 6.45) is 0. The van der Waals surface area contributed by atoms with Gasteiger partial charge in [0.25, 0.3) is 0 Å². The van der Waals surface area contributed by atoms with E-state index in [1.54, 1.807) is 0 Å². The lowest BCUT2D eigenvalue weighted by molar-refractivity contribution is 0.584. The van der Waals surface area contributed by atoms with Crippen LogP contribution in [-0.4, -0.2) is 21.5 Å². The van der Waals surface area contributed by atoms with E-state index in [4.69, 9.17) is 11.6 Å². The fraction of sp³-hybridized carbons (Fsp3) is 0.250. The lowest BCUT2D eigenvalue weighted by atomic mass is 10.2. The zero-order chi connectivity index (χ0) is 14.7. The van der Waals surface area contributed by atoms with Crippen LogP contribution in [0.4, 0.5) is 26.4 Å². The van der Waals surface area contributed by atoms with E-state index in [1.807, 2.05) is 6.92 Å². The van der Waals surface area contributed by atoms with Crippen LogP contribution in [0.15, 0.2) is 12.1 Å². The fourth-order valence-electron chi connectivity index (χ4n) is 1.53. The van der Waals surface area contributed by atoms with Gasteiger partial charge in [0.15, 0.2) is 5.82 Å². The summed E-state index contributed by atoms with van der Waals surface area (Å²) in [5, 5.41) is 5.25. The maximum atomic E-state index is 13.9. The van der Waals surface area contributed by atoms with Gasteiger partial charge in [0.1, 0.15) is 11.5 Å². The SMILES string of the molecule is CCNc1nc(Cl)nc(Nc2c(F)ccc(C)c2F)n1. The van der Waals surface area contributed by atoms with Crippen molar-refractivity contribution in [2.24, 2.45) is 0 Å². The van der Waals surface area contributed by atoms with Crippen molar-refractivity contribution < 1.29 is 8.78 Å². The molecular weight excluding hydrogens is 288 g/mol. The van der Waals surface area contributed by atoms with Crippen LogP contribution in [0.2, 0.25) is 5.28 Å². The van der Waals surface area contributed by atoms with Crippen molar-refractivity contribution in [3.05, 3.63) is 34.6 Å². The molecule has 0 fully saturated rings. The van der Waals surface area contributed by atoms with Crippen LogP contribution < -0.4 is 10.6 Å². The zero-order valence-electron chi connectivity index (χ0n) is 10.8. The lowest BCUT2D eigenvalue weighted by Crippen LogP contribution is -2.08. The van der Waals surface area contributed by atoms with E-state index in [2.05, 4.69) is 25.6 Å². The molecule has 1 heterocycles. The van der Waals surface area contributed by atoms with Crippen LogP contribution in [0.1, 0.15) is 12.5 Å². The second-order valence-corrected chi connectivity index (χ2v) is 4.30. The number of hydrogen-bond donors (Lipinski definition) is 2. The summed E-state index contributed by atoms with van der Waals surface area (Å²) in [6, 6.07) is 2.51. The van der Waals surface area contributed by atoms with Crippen molar-refractivity contribution in [3.8, 4) is 0 Å². The maximum absolute atomic E-state index is 13.9. The first-order valence-corrected chi connectivity index (χ1v) is 6.26. The van der Waals surface area contributed by atoms with Gasteiger partial charge in [0, 0.05) is 6.54 Å². The number of benzene rings is 1. The molecule has 0 aliphatic carbocycles. The van der Waals surface area contributed by atoms with Crippen LogP contribution in [0, 0.1) is 18.6 Å². The van der Waals surface area contributed by atoms with E-state index in [1.165, 1.54) is 13.0 Å². The zero-order valence-corrected chi connectivity index (χ0v) is 11.6. The van der Waals surface area contributed by atoms with E-state index >= 15 is 0 Å². The highest BCUT2D eigenvalue weighted by atomic mass is 35.5. The van der Waals surface area contributed by atoms with Gasteiger partial charge in [-0.25, -0.2) is 8.78 Å². The number of aromatic nitrogens is 3. The van der Waals surface area contributed by atoms with Crippen molar-refractivity contribution in [1.29, 1.82) is 0 Å². The normalized spacial score (nSPS) is 10.4. The minimum Gasteiger partial charge on any atom is -0.354 e. The molecule has 0 aliphatic rings. The van der Waals surface area contributed by atoms with Crippen LogP contribution in [-0.2, 0) is 0 Å². The van der Waals surface area contributed by atoms with Gasteiger partial charge in [-0.2, -0.15) is 15.0 Å². The number of rotatable bonds is 4. The molecule has 5 nitrogen and oxygen atoms in total. The third-order valence-corrected chi connectivity index (χ3v) is 2.63. The first kappa shape index (κ1) is 14.4. The third-order valence-electron chi connectivity index (χ3n) is 2.46. The summed E-state index contributed by atoms with van der Waals surface area (Å²) in [4.78, 5) is 11.6. The Bertz CT molecular complexity index is 635. The predicted octanol–water partition coefficient (Wildman–Crippen LogP) is 3.29. The number of aryl methyl sites for hydroxylation is 1. The lowest BCUT2D eigenvalue weighted by Gasteiger charge is -2.10. The molecule has 0 spiro atoms. The summed E-state index contributed by atoms with van der Waals surface area (Å²) in [5.74, 6) is -1.26. The Morgan fingerprint density at radius 3 is 2.55 bits per heavy atom. The highest BCUT2D eigenvalue weighted by Gasteiger charge is 2.14. The molecule has 0 atom stereocenters. The number of hydrogen-bond acceptors (Lipinski definition) is 5. The highest BCUT2D eigenvalue weighted by molar-refractivity contribution is 6.28. The maximum Gasteiger partial charge on any atom is 0.233 e. The summed E-state index contributed by atoms with van der Waals surface area (Å²) in [6.45, 7) is 3.96. The number of nitrogens with one attached hydrogen (secondary N) is 2. The van der Waals surface area contributed by atoms with Gasteiger partial charge in [-0.1, -0.05) is 6.07 Å². The molecule has 2 rings (SSSR count). The van der Waals surface area contributed by atoms with Crippen LogP contribution in [0.25, 0.3) is 0 Å². The van der Waals surface area contributed by atoms with E-state index in [9.17, 15) is 8.78 Å². The van der Waals surface area contributed by atoms with E-state index in [-0.39, 0.29) is 22.9 Å². The van der Waals surface area contributed by atoms with Gasteiger partial charge in [0.05, 0.1) is 0 Å². The Kier molecular flexibility index (Phi) is 4.29. The second-order valence-electron chi connectivity index (χ2n) is 3.96. The fourth-order valence-corrected chi connectivity index (χ4v) is 1.69. The smallest absolute Gasteiger partial charge is 0.233 e. The van der Waals surface area contributed by atoms with Crippen molar-refractivity contribution in [2.45, 2.75) is 13.8 Å². The van der Waals surface area contributed by atoms with Crippen LogP contribution in [0.5, 0.6) is 0 Å². The molecule has 0 unspecified atom stereocenters. The summed E-state index contributed by atoms with van der Waals surface area (Å²) in [5.41, 5.74) is -0.0179. The second kappa shape index (κ2) is 5.96. The molecule has 2 aromatic rings. The Morgan fingerprint density at radius 2 is 1.85 bits per heavy atom. The van der Waals surface area contributed by atoms with Gasteiger partial charge in [0.2, 0.25) is 17.2 Å². The van der Waals surface area contributed by atoms with Crippen LogP contribution in [0.3, 0.4) is 0 Å². The van der Waals surface area contributed by atoms with Gasteiger partial charge in [-0.15, -0.1) is 0 Å². The summed E-state index contributed by atoms with van der Waals surface area (Å²) in [7, 11) is 0. The van der Waals surface area contributed by atoms with Gasteiger partial charge < -0.3 is 10.6 Å². The number of nitrogens with zero attached hydrogens (tertiary/aromatic N) is 3. The Labute approximate surface area is 119 Å². The molecule has 1 aromatic heterocycles. The van der Waals surface area contributed by atoms with Gasteiger partial charge in [-0.05, 0) is 37.1 Å². The molecule has 0 saturated heterocycles. The standard InChI is InChI=1S/C12H12ClF2N5/c1-3-16-11-18-10(13)19-12(20-11)17-9-7(14)5-4-6(2)8(9)15/h4-5H,3H2,1-2H3,(H2,16,17,18,19,20). The minimum atomic E-state index is -0.741. The molecule has 106 valence electrons. The molecule has 0 saturated carbocycles. The first-order valence-electron chi connectivity index (χ1n) is 5.88. The van der Waals surface area contributed by atoms with Crippen molar-refractivity contribution in [3.63, 3.8) is 0 Å². The molecule has 2 N–H and O–H groups in total. The third kappa shape index (κ3) is 3.11. The van der Waals surface area contributed by atoms with E-state index < -0.39 is 11.6 Å². The average molecular weight is 300 g/mol. The molecular formula is C12H12ClF2N5. The van der Waals surface area contributed by atoms with Crippen molar-refractivity contribution in [2.75, 3.05) is 17.2 Å². The first-order chi connectivity index (χ1) is 9.51. The van der Waals surface area contributed by atoms with E-state index in [0.29, 0.717) is 12.1 Å². The average Bonchev–Trinajstić information content (AvgIpc) is 2.39. The Hall–Kier alpha value is -2.02. The van der Waals surface area contributed by atoms with Gasteiger partial charge in [-0.3, -0.25) is 0 Å². The monoisotopic (exact) mass is 299 g/mol. The quantitative estimate of drug-likeness (QED) is 0.907. The number of anilines is 3. The Morgan fingerprint density at radius 1 is 1.15 bits per heavy atom. The van der Waals surface area contributed by atoms with Crippen molar-refractivity contribution in [1.82, 2.24) is 15.0 Å². The van der Waals surface area contributed by atoms with Crippen LogP contribution >= 0.6 is 11.6 Å². The summed E-state index contributed by atoms with van der Waals surface area (Å²) >= 11 is 5.73.